The van der Waals surface area contributed by atoms with Crippen molar-refractivity contribution >= 4 is 5.97 Å². The summed E-state index contributed by atoms with van der Waals surface area (Å²) in [6, 6.07) is 5.18. The fraction of sp³-hybridized carbons (Fsp3) is 0.462. The third kappa shape index (κ3) is 3.35. The highest BCUT2D eigenvalue weighted by atomic mass is 16.5. The third-order valence-corrected chi connectivity index (χ3v) is 2.21. The molecule has 0 aromatic heterocycles. The summed E-state index contributed by atoms with van der Waals surface area (Å²) in [6.07, 6.45) is -0.135. The second kappa shape index (κ2) is 5.12. The van der Waals surface area contributed by atoms with Crippen LogP contribution in [0.2, 0.25) is 0 Å². The number of hydrogen-bond acceptors (Lipinski definition) is 3. The topological polar surface area (TPSA) is 52.3 Å². The molecule has 1 unspecified atom stereocenters. The number of aryl methyl sites for hydroxylation is 2. The van der Waals surface area contributed by atoms with Crippen molar-refractivity contribution in [1.29, 1.82) is 0 Å². The standard InChI is InChI=1S/C13H19NO2/c1-8(2)16-13(15)12(14)11-6-9(3)5-10(4)7-11/h5-8,12H,14H2,1-4H3. The van der Waals surface area contributed by atoms with E-state index in [1.165, 1.54) is 0 Å². The minimum atomic E-state index is -0.694. The minimum Gasteiger partial charge on any atom is -0.462 e. The van der Waals surface area contributed by atoms with E-state index >= 15 is 0 Å². The van der Waals surface area contributed by atoms with E-state index in [0.717, 1.165) is 16.7 Å². The summed E-state index contributed by atoms with van der Waals surface area (Å²) in [5.41, 5.74) is 8.86. The molecule has 0 bridgehead atoms. The van der Waals surface area contributed by atoms with Crippen molar-refractivity contribution in [1.82, 2.24) is 0 Å². The molecule has 0 heterocycles. The van der Waals surface area contributed by atoms with Crippen molar-refractivity contribution in [2.24, 2.45) is 5.73 Å². The van der Waals surface area contributed by atoms with Crippen molar-refractivity contribution in [3.8, 4) is 0 Å². The van der Waals surface area contributed by atoms with Crippen LogP contribution in [0.1, 0.15) is 36.6 Å². The van der Waals surface area contributed by atoms with Crippen LogP contribution in [-0.4, -0.2) is 12.1 Å². The summed E-state index contributed by atoms with van der Waals surface area (Å²) in [6.45, 7) is 7.59. The first-order chi connectivity index (χ1) is 7.40. The fourth-order valence-corrected chi connectivity index (χ4v) is 1.63. The van der Waals surface area contributed by atoms with E-state index in [9.17, 15) is 4.79 Å². The predicted molar refractivity (Wildman–Crippen MR) is 64.1 cm³/mol. The zero-order valence-electron chi connectivity index (χ0n) is 10.3. The van der Waals surface area contributed by atoms with E-state index in [2.05, 4.69) is 0 Å². The summed E-state index contributed by atoms with van der Waals surface area (Å²) in [7, 11) is 0. The van der Waals surface area contributed by atoms with Gasteiger partial charge in [0.1, 0.15) is 6.04 Å². The van der Waals surface area contributed by atoms with Gasteiger partial charge in [0.2, 0.25) is 0 Å². The minimum absolute atomic E-state index is 0.135. The molecule has 0 saturated heterocycles. The zero-order valence-corrected chi connectivity index (χ0v) is 10.3. The van der Waals surface area contributed by atoms with Gasteiger partial charge in [-0.25, -0.2) is 4.79 Å². The summed E-state index contributed by atoms with van der Waals surface area (Å²) in [4.78, 5) is 11.6. The van der Waals surface area contributed by atoms with Gasteiger partial charge in [0, 0.05) is 0 Å². The molecule has 0 amide bonds. The lowest BCUT2D eigenvalue weighted by Gasteiger charge is -2.15. The van der Waals surface area contributed by atoms with Crippen LogP contribution in [0.3, 0.4) is 0 Å². The lowest BCUT2D eigenvalue weighted by atomic mass is 10.0. The summed E-state index contributed by atoms with van der Waals surface area (Å²) < 4.78 is 5.08. The van der Waals surface area contributed by atoms with Crippen LogP contribution in [-0.2, 0) is 9.53 Å². The van der Waals surface area contributed by atoms with Gasteiger partial charge in [-0.3, -0.25) is 0 Å². The highest BCUT2D eigenvalue weighted by Gasteiger charge is 2.18. The average molecular weight is 221 g/mol. The second-order valence-electron chi connectivity index (χ2n) is 4.38. The number of esters is 1. The van der Waals surface area contributed by atoms with Gasteiger partial charge in [0.15, 0.2) is 0 Å². The Morgan fingerprint density at radius 3 is 2.12 bits per heavy atom. The molecule has 3 heteroatoms. The summed E-state index contributed by atoms with van der Waals surface area (Å²) in [5.74, 6) is -0.375. The number of carbonyl (C=O) groups excluding carboxylic acids is 1. The molecule has 1 atom stereocenters. The molecule has 0 radical (unpaired) electrons. The molecule has 0 saturated carbocycles. The zero-order chi connectivity index (χ0) is 12.3. The first kappa shape index (κ1) is 12.7. The lowest BCUT2D eigenvalue weighted by molar-refractivity contribution is -0.149. The Bertz CT molecular complexity index is 365. The van der Waals surface area contributed by atoms with E-state index in [-0.39, 0.29) is 12.1 Å². The molecule has 0 aliphatic heterocycles. The molecule has 0 aliphatic rings. The van der Waals surface area contributed by atoms with Crippen LogP contribution in [0, 0.1) is 13.8 Å². The molecule has 88 valence electrons. The Morgan fingerprint density at radius 1 is 1.19 bits per heavy atom. The number of carbonyl (C=O) groups is 1. The summed E-state index contributed by atoms with van der Waals surface area (Å²) in [5, 5.41) is 0. The van der Waals surface area contributed by atoms with Gasteiger partial charge in [-0.05, 0) is 33.3 Å². The van der Waals surface area contributed by atoms with Gasteiger partial charge in [-0.1, -0.05) is 29.3 Å². The van der Waals surface area contributed by atoms with Gasteiger partial charge in [0.25, 0.3) is 0 Å². The Hall–Kier alpha value is -1.35. The Labute approximate surface area is 96.6 Å². The quantitative estimate of drug-likeness (QED) is 0.796. The van der Waals surface area contributed by atoms with Crippen molar-refractivity contribution in [2.45, 2.75) is 39.8 Å². The molecule has 0 aliphatic carbocycles. The largest absolute Gasteiger partial charge is 0.462 e. The van der Waals surface area contributed by atoms with Crippen LogP contribution in [0.5, 0.6) is 0 Å². The van der Waals surface area contributed by atoms with Crippen molar-refractivity contribution < 1.29 is 9.53 Å². The molecule has 1 rings (SSSR count). The van der Waals surface area contributed by atoms with Crippen LogP contribution in [0.4, 0.5) is 0 Å². The highest BCUT2D eigenvalue weighted by Crippen LogP contribution is 2.16. The van der Waals surface area contributed by atoms with E-state index < -0.39 is 6.04 Å². The SMILES string of the molecule is Cc1cc(C)cc(C(N)C(=O)OC(C)C)c1. The molecule has 0 fully saturated rings. The van der Waals surface area contributed by atoms with Gasteiger partial charge in [-0.2, -0.15) is 0 Å². The molecular formula is C13H19NO2. The van der Waals surface area contributed by atoms with E-state index in [0.29, 0.717) is 0 Å². The summed E-state index contributed by atoms with van der Waals surface area (Å²) >= 11 is 0. The maximum atomic E-state index is 11.6. The van der Waals surface area contributed by atoms with E-state index in [1.807, 2.05) is 45.9 Å². The normalized spacial score (nSPS) is 12.6. The van der Waals surface area contributed by atoms with Crippen molar-refractivity contribution in [3.05, 3.63) is 34.9 Å². The molecule has 2 N–H and O–H groups in total. The van der Waals surface area contributed by atoms with Gasteiger partial charge >= 0.3 is 5.97 Å². The van der Waals surface area contributed by atoms with Crippen LogP contribution in [0.15, 0.2) is 18.2 Å². The van der Waals surface area contributed by atoms with Crippen LogP contribution in [0.25, 0.3) is 0 Å². The lowest BCUT2D eigenvalue weighted by Crippen LogP contribution is -2.26. The monoisotopic (exact) mass is 221 g/mol. The number of benzene rings is 1. The predicted octanol–water partition coefficient (Wildman–Crippen LogP) is 2.25. The third-order valence-electron chi connectivity index (χ3n) is 2.21. The van der Waals surface area contributed by atoms with E-state index in [4.69, 9.17) is 10.5 Å². The average Bonchev–Trinajstić information content (AvgIpc) is 2.13. The Kier molecular flexibility index (Phi) is 4.07. The molecule has 3 nitrogen and oxygen atoms in total. The smallest absolute Gasteiger partial charge is 0.327 e. The maximum absolute atomic E-state index is 11.6. The molecule has 0 spiro atoms. The Balaban J connectivity index is 2.87. The fourth-order valence-electron chi connectivity index (χ4n) is 1.63. The highest BCUT2D eigenvalue weighted by molar-refractivity contribution is 5.77. The molecular weight excluding hydrogens is 202 g/mol. The van der Waals surface area contributed by atoms with Crippen molar-refractivity contribution in [3.63, 3.8) is 0 Å². The first-order valence-electron chi connectivity index (χ1n) is 5.44. The van der Waals surface area contributed by atoms with Crippen LogP contribution < -0.4 is 5.73 Å². The van der Waals surface area contributed by atoms with Gasteiger partial charge < -0.3 is 10.5 Å². The van der Waals surface area contributed by atoms with Crippen LogP contribution >= 0.6 is 0 Å². The van der Waals surface area contributed by atoms with E-state index in [1.54, 1.807) is 0 Å². The molecule has 16 heavy (non-hydrogen) atoms. The first-order valence-corrected chi connectivity index (χ1v) is 5.44. The Morgan fingerprint density at radius 2 is 1.69 bits per heavy atom. The number of rotatable bonds is 3. The number of hydrogen-bond donors (Lipinski definition) is 1. The number of ether oxygens (including phenoxy) is 1. The number of nitrogens with two attached hydrogens (primary N) is 1. The second-order valence-corrected chi connectivity index (χ2v) is 4.38. The van der Waals surface area contributed by atoms with Crippen molar-refractivity contribution in [2.75, 3.05) is 0 Å². The van der Waals surface area contributed by atoms with Gasteiger partial charge in [0.05, 0.1) is 6.10 Å². The molecule has 1 aromatic carbocycles. The van der Waals surface area contributed by atoms with Gasteiger partial charge in [-0.15, -0.1) is 0 Å². The molecule has 1 aromatic rings. The maximum Gasteiger partial charge on any atom is 0.327 e.